The molecule has 0 atom stereocenters. The number of rotatable bonds is 5. The number of aromatic nitrogens is 1. The Kier molecular flexibility index (Phi) is 4.17. The molecule has 0 aliphatic heterocycles. The summed E-state index contributed by atoms with van der Waals surface area (Å²) >= 11 is 0.742. The maximum atomic E-state index is 11.9. The number of nitrogens with zero attached hydrogens (tertiary/aromatic N) is 3. The highest BCUT2D eigenvalue weighted by Gasteiger charge is 2.29. The van der Waals surface area contributed by atoms with E-state index >= 15 is 0 Å². The minimum Gasteiger partial charge on any atom is -0.476 e. The van der Waals surface area contributed by atoms with Crippen molar-refractivity contribution in [3.8, 4) is 6.07 Å². The molecule has 92 valence electrons. The van der Waals surface area contributed by atoms with Crippen LogP contribution in [0.2, 0.25) is 0 Å². The van der Waals surface area contributed by atoms with E-state index < -0.39 is 21.7 Å². The molecule has 17 heavy (non-hydrogen) atoms. The van der Waals surface area contributed by atoms with Crippen molar-refractivity contribution in [2.45, 2.75) is 10.6 Å². The summed E-state index contributed by atoms with van der Waals surface area (Å²) < 4.78 is 24.5. The van der Waals surface area contributed by atoms with Crippen LogP contribution in [0.3, 0.4) is 0 Å². The van der Waals surface area contributed by atoms with Crippen molar-refractivity contribution in [3.05, 3.63) is 11.2 Å². The average molecular weight is 275 g/mol. The fourth-order valence-corrected chi connectivity index (χ4v) is 3.53. The van der Waals surface area contributed by atoms with E-state index in [4.69, 9.17) is 10.4 Å². The van der Waals surface area contributed by atoms with Gasteiger partial charge in [0, 0.05) is 20.0 Å². The van der Waals surface area contributed by atoms with Crippen LogP contribution in [0.25, 0.3) is 0 Å². The van der Waals surface area contributed by atoms with Gasteiger partial charge < -0.3 is 5.11 Å². The second-order valence-electron chi connectivity index (χ2n) is 3.03. The second-order valence-corrected chi connectivity index (χ2v) is 6.12. The first-order valence-corrected chi connectivity index (χ1v) is 6.73. The summed E-state index contributed by atoms with van der Waals surface area (Å²) in [6.45, 7) is 0.00971. The van der Waals surface area contributed by atoms with Gasteiger partial charge in [0.05, 0.1) is 11.6 Å². The lowest BCUT2D eigenvalue weighted by Gasteiger charge is -2.14. The van der Waals surface area contributed by atoms with Crippen molar-refractivity contribution >= 4 is 27.3 Å². The highest BCUT2D eigenvalue weighted by molar-refractivity contribution is 7.91. The molecule has 9 heteroatoms. The normalized spacial score (nSPS) is 11.4. The first-order valence-electron chi connectivity index (χ1n) is 4.41. The van der Waals surface area contributed by atoms with E-state index in [1.807, 2.05) is 6.07 Å². The lowest BCUT2D eigenvalue weighted by Crippen LogP contribution is -2.28. The summed E-state index contributed by atoms with van der Waals surface area (Å²) in [5.41, 5.74) is 0.674. The molecular weight excluding hydrogens is 266 g/mol. The van der Waals surface area contributed by atoms with E-state index in [0.717, 1.165) is 21.2 Å². The third-order valence-electron chi connectivity index (χ3n) is 1.92. The smallest absolute Gasteiger partial charge is 0.356 e. The lowest BCUT2D eigenvalue weighted by atomic mass is 10.5. The third-order valence-corrected chi connectivity index (χ3v) is 5.12. The number of carboxylic acids is 1. The van der Waals surface area contributed by atoms with Crippen molar-refractivity contribution in [3.63, 3.8) is 0 Å². The van der Waals surface area contributed by atoms with Crippen LogP contribution >= 0.6 is 11.3 Å². The molecule has 0 unspecified atom stereocenters. The molecule has 1 aromatic heterocycles. The number of carboxylic acid groups (broad SMARTS) is 1. The van der Waals surface area contributed by atoms with Gasteiger partial charge in [0.25, 0.3) is 10.0 Å². The van der Waals surface area contributed by atoms with E-state index in [2.05, 4.69) is 4.98 Å². The van der Waals surface area contributed by atoms with Crippen LogP contribution in [0.4, 0.5) is 0 Å². The van der Waals surface area contributed by atoms with Gasteiger partial charge in [0.2, 0.25) is 0 Å². The Bertz CT molecular complexity index is 558. The number of carbonyl (C=O) groups is 1. The molecule has 0 bridgehead atoms. The number of sulfonamides is 1. The Labute approximate surface area is 102 Å². The number of hydrogen-bond donors (Lipinski definition) is 1. The predicted molar refractivity (Wildman–Crippen MR) is 59.1 cm³/mol. The molecule has 1 aromatic rings. The fraction of sp³-hybridized carbons (Fsp3) is 0.375. The van der Waals surface area contributed by atoms with Gasteiger partial charge in [-0.3, -0.25) is 0 Å². The van der Waals surface area contributed by atoms with Gasteiger partial charge in [-0.25, -0.2) is 18.2 Å². The van der Waals surface area contributed by atoms with Crippen LogP contribution in [0.1, 0.15) is 16.9 Å². The lowest BCUT2D eigenvalue weighted by molar-refractivity contribution is 0.0687. The third kappa shape index (κ3) is 2.79. The van der Waals surface area contributed by atoms with Gasteiger partial charge >= 0.3 is 5.97 Å². The zero-order chi connectivity index (χ0) is 13.1. The van der Waals surface area contributed by atoms with Crippen molar-refractivity contribution in [2.24, 2.45) is 0 Å². The molecular formula is C8H9N3O4S2. The van der Waals surface area contributed by atoms with E-state index in [1.165, 1.54) is 7.05 Å². The monoisotopic (exact) mass is 275 g/mol. The Balaban J connectivity index is 3.10. The second kappa shape index (κ2) is 5.22. The fourth-order valence-electron chi connectivity index (χ4n) is 1.03. The van der Waals surface area contributed by atoms with E-state index in [0.29, 0.717) is 0 Å². The van der Waals surface area contributed by atoms with Gasteiger partial charge in [-0.2, -0.15) is 9.57 Å². The van der Waals surface area contributed by atoms with Crippen LogP contribution in [0.15, 0.2) is 9.72 Å². The minimum atomic E-state index is -3.89. The minimum absolute atomic E-state index is 0.00971. The molecule has 0 saturated heterocycles. The molecule has 0 aliphatic rings. The topological polar surface area (TPSA) is 111 Å². The highest BCUT2D eigenvalue weighted by atomic mass is 32.2. The van der Waals surface area contributed by atoms with Crippen molar-refractivity contribution in [2.75, 3.05) is 13.6 Å². The number of hydrogen-bond acceptors (Lipinski definition) is 6. The summed E-state index contributed by atoms with van der Waals surface area (Å²) in [6, 6.07) is 1.82. The van der Waals surface area contributed by atoms with Crippen LogP contribution in [0, 0.1) is 11.3 Å². The Morgan fingerprint density at radius 3 is 2.88 bits per heavy atom. The molecule has 0 aromatic carbocycles. The van der Waals surface area contributed by atoms with Crippen LogP contribution in [-0.2, 0) is 10.0 Å². The van der Waals surface area contributed by atoms with Gasteiger partial charge in [0.15, 0.2) is 9.90 Å². The quantitative estimate of drug-likeness (QED) is 0.831. The molecule has 0 amide bonds. The summed E-state index contributed by atoms with van der Waals surface area (Å²) in [4.78, 5) is 14.3. The SMILES string of the molecule is CN(CCC#N)S(=O)(=O)c1scnc1C(=O)O. The number of nitriles is 1. The summed E-state index contributed by atoms with van der Waals surface area (Å²) in [5.74, 6) is -1.39. The van der Waals surface area contributed by atoms with Crippen LogP contribution in [-0.4, -0.2) is 42.4 Å². The molecule has 0 fully saturated rings. The Morgan fingerprint density at radius 1 is 1.71 bits per heavy atom. The molecule has 0 spiro atoms. The first kappa shape index (κ1) is 13.6. The molecule has 1 heterocycles. The Morgan fingerprint density at radius 2 is 2.35 bits per heavy atom. The van der Waals surface area contributed by atoms with E-state index in [9.17, 15) is 13.2 Å². The largest absolute Gasteiger partial charge is 0.476 e. The zero-order valence-electron chi connectivity index (χ0n) is 8.82. The predicted octanol–water partition coefficient (Wildman–Crippen LogP) is 0.375. The van der Waals surface area contributed by atoms with Crippen molar-refractivity contribution in [1.29, 1.82) is 5.26 Å². The zero-order valence-corrected chi connectivity index (χ0v) is 10.5. The standard InChI is InChI=1S/C8H9N3O4S2/c1-11(4-2-3-9)17(14,15)8-6(7(12)13)10-5-16-8/h5H,2,4H2,1H3,(H,12,13). The first-order chi connectivity index (χ1) is 7.91. The number of aromatic carboxylic acids is 1. The van der Waals surface area contributed by atoms with Crippen LogP contribution < -0.4 is 0 Å². The van der Waals surface area contributed by atoms with Crippen LogP contribution in [0.5, 0.6) is 0 Å². The van der Waals surface area contributed by atoms with E-state index in [-0.39, 0.29) is 17.2 Å². The summed E-state index contributed by atoms with van der Waals surface area (Å²) in [5, 5.41) is 17.2. The highest BCUT2D eigenvalue weighted by Crippen LogP contribution is 2.23. The number of thiazole rings is 1. The summed E-state index contributed by atoms with van der Waals surface area (Å²) in [7, 11) is -2.60. The van der Waals surface area contributed by atoms with E-state index in [1.54, 1.807) is 0 Å². The van der Waals surface area contributed by atoms with Gasteiger partial charge in [-0.05, 0) is 0 Å². The molecule has 0 aliphatic carbocycles. The average Bonchev–Trinajstić information content (AvgIpc) is 2.75. The molecule has 0 radical (unpaired) electrons. The maximum Gasteiger partial charge on any atom is 0.356 e. The van der Waals surface area contributed by atoms with Gasteiger partial charge in [-0.15, -0.1) is 11.3 Å². The molecule has 1 rings (SSSR count). The molecule has 0 saturated carbocycles. The Hall–Kier alpha value is -1.50. The molecule has 1 N–H and O–H groups in total. The van der Waals surface area contributed by atoms with Gasteiger partial charge in [0.1, 0.15) is 0 Å². The maximum absolute atomic E-state index is 11.9. The van der Waals surface area contributed by atoms with Gasteiger partial charge in [-0.1, -0.05) is 0 Å². The van der Waals surface area contributed by atoms with Crippen molar-refractivity contribution in [1.82, 2.24) is 9.29 Å². The van der Waals surface area contributed by atoms with Crippen molar-refractivity contribution < 1.29 is 18.3 Å². The summed E-state index contributed by atoms with van der Waals surface area (Å²) in [6.07, 6.45) is 0.0386. The molecule has 7 nitrogen and oxygen atoms in total.